The maximum absolute atomic E-state index is 11.4. The van der Waals surface area contributed by atoms with Crippen molar-refractivity contribution in [1.29, 1.82) is 0 Å². The molecule has 0 aromatic heterocycles. The van der Waals surface area contributed by atoms with Crippen molar-refractivity contribution in [3.05, 3.63) is 0 Å². The molecule has 0 aromatic rings. The molecular formula is C24H40O22. The zero-order chi connectivity index (χ0) is 34.2. The van der Waals surface area contributed by atoms with E-state index in [1.54, 1.807) is 0 Å². The van der Waals surface area contributed by atoms with Crippen LogP contribution in [0.4, 0.5) is 0 Å². The van der Waals surface area contributed by atoms with E-state index in [0.717, 1.165) is 0 Å². The van der Waals surface area contributed by atoms with Crippen molar-refractivity contribution in [3.63, 3.8) is 0 Å². The summed E-state index contributed by atoms with van der Waals surface area (Å²) in [4.78, 5) is 11.4. The lowest BCUT2D eigenvalue weighted by molar-refractivity contribution is -0.386. The molecule has 0 amide bonds. The molecule has 1 unspecified atom stereocenters. The zero-order valence-corrected chi connectivity index (χ0v) is 23.7. The molecule has 14 N–H and O–H groups in total. The van der Waals surface area contributed by atoms with Crippen molar-refractivity contribution in [2.75, 3.05) is 19.8 Å². The number of hydrogen-bond acceptors (Lipinski definition) is 21. The van der Waals surface area contributed by atoms with Crippen LogP contribution in [0.1, 0.15) is 0 Å². The van der Waals surface area contributed by atoms with Crippen LogP contribution in [-0.2, 0) is 38.0 Å². The number of hydrogen-bond donors (Lipinski definition) is 14. The second kappa shape index (κ2) is 15.5. The van der Waals surface area contributed by atoms with Gasteiger partial charge in [-0.1, -0.05) is 0 Å². The SMILES string of the molecule is O=C(O)[C@H]1O[C@H](O[C@H]2[C@H](O)[C@@H](O)[C@@H](O[C@H]3[C@H](O)[C@@H](O)[C@@H](O[C@H]4[C@H](O)[C@@H](O)C(O)O[C@@H]4CO)O[C@@H]3CO)O[C@@H]2CO)[C@H](O)[C@@H](O)[C@@H]1O. The first-order valence-corrected chi connectivity index (χ1v) is 14.1. The monoisotopic (exact) mass is 680 g/mol. The molecule has 22 heteroatoms. The molecule has 4 fully saturated rings. The zero-order valence-electron chi connectivity index (χ0n) is 23.7. The van der Waals surface area contributed by atoms with Crippen LogP contribution in [0.2, 0.25) is 0 Å². The van der Waals surface area contributed by atoms with Gasteiger partial charge in [-0.05, 0) is 0 Å². The van der Waals surface area contributed by atoms with Crippen LogP contribution >= 0.6 is 0 Å². The number of aliphatic carboxylic acids is 1. The highest BCUT2D eigenvalue weighted by Gasteiger charge is 2.55. The molecule has 22 nitrogen and oxygen atoms in total. The summed E-state index contributed by atoms with van der Waals surface area (Å²) in [6.07, 6.45) is -37.7. The van der Waals surface area contributed by atoms with Gasteiger partial charge in [-0.2, -0.15) is 0 Å². The summed E-state index contributed by atoms with van der Waals surface area (Å²) in [6, 6.07) is 0. The van der Waals surface area contributed by atoms with Crippen LogP contribution < -0.4 is 0 Å². The number of ether oxygens (including phenoxy) is 7. The lowest BCUT2D eigenvalue weighted by atomic mass is 9.95. The Bertz CT molecular complexity index is 986. The van der Waals surface area contributed by atoms with Gasteiger partial charge in [0.25, 0.3) is 0 Å². The molecule has 0 saturated carbocycles. The molecule has 0 bridgehead atoms. The number of carbonyl (C=O) groups is 1. The third-order valence-electron chi connectivity index (χ3n) is 8.17. The van der Waals surface area contributed by atoms with Crippen LogP contribution in [0.25, 0.3) is 0 Å². The summed E-state index contributed by atoms with van der Waals surface area (Å²) in [6.45, 7) is -2.72. The first kappa shape index (κ1) is 37.5. The van der Waals surface area contributed by atoms with E-state index >= 15 is 0 Å². The Labute approximate surface area is 258 Å². The van der Waals surface area contributed by atoms with E-state index in [1.807, 2.05) is 0 Å². The highest BCUT2D eigenvalue weighted by atomic mass is 16.8. The minimum Gasteiger partial charge on any atom is -0.479 e. The van der Waals surface area contributed by atoms with Gasteiger partial charge in [0.05, 0.1) is 19.8 Å². The van der Waals surface area contributed by atoms with Crippen LogP contribution in [0.5, 0.6) is 0 Å². The fraction of sp³-hybridized carbons (Fsp3) is 0.958. The molecular weight excluding hydrogens is 640 g/mol. The van der Waals surface area contributed by atoms with Crippen molar-refractivity contribution in [3.8, 4) is 0 Å². The lowest BCUT2D eigenvalue weighted by Gasteiger charge is -2.48. The van der Waals surface area contributed by atoms with E-state index in [4.69, 9.17) is 33.2 Å². The Morgan fingerprint density at radius 1 is 0.457 bits per heavy atom. The van der Waals surface area contributed by atoms with Gasteiger partial charge in [-0.25, -0.2) is 4.79 Å². The van der Waals surface area contributed by atoms with E-state index in [2.05, 4.69) is 0 Å². The summed E-state index contributed by atoms with van der Waals surface area (Å²) in [5.41, 5.74) is 0. The minimum atomic E-state index is -2.09. The molecule has 4 saturated heterocycles. The minimum absolute atomic E-state index is 0.823. The molecule has 268 valence electrons. The van der Waals surface area contributed by atoms with Crippen molar-refractivity contribution < 1.29 is 109 Å². The van der Waals surface area contributed by atoms with Gasteiger partial charge >= 0.3 is 5.97 Å². The number of aliphatic hydroxyl groups is 13. The van der Waals surface area contributed by atoms with Crippen LogP contribution in [0.3, 0.4) is 0 Å². The molecule has 0 aromatic carbocycles. The van der Waals surface area contributed by atoms with E-state index in [1.165, 1.54) is 0 Å². The predicted octanol–water partition coefficient (Wildman–Crippen LogP) is -9.66. The second-order valence-corrected chi connectivity index (χ2v) is 11.2. The van der Waals surface area contributed by atoms with E-state index in [9.17, 15) is 76.3 Å². The summed E-state index contributed by atoms with van der Waals surface area (Å²) in [5.74, 6) is -1.73. The van der Waals surface area contributed by atoms with Crippen LogP contribution in [0.15, 0.2) is 0 Å². The summed E-state index contributed by atoms with van der Waals surface area (Å²) < 4.78 is 37.2. The normalized spacial score (nSPS) is 51.9. The number of rotatable bonds is 10. The quantitative estimate of drug-likeness (QED) is 0.102. The van der Waals surface area contributed by atoms with Gasteiger partial charge in [0.15, 0.2) is 31.3 Å². The van der Waals surface area contributed by atoms with Gasteiger partial charge in [-0.3, -0.25) is 0 Å². The molecule has 4 aliphatic rings. The van der Waals surface area contributed by atoms with Crippen molar-refractivity contribution in [1.82, 2.24) is 0 Å². The van der Waals surface area contributed by atoms with Crippen LogP contribution in [-0.4, -0.2) is 220 Å². The van der Waals surface area contributed by atoms with Crippen molar-refractivity contribution in [2.45, 2.75) is 123 Å². The highest BCUT2D eigenvalue weighted by Crippen LogP contribution is 2.34. The molecule has 0 radical (unpaired) electrons. The lowest BCUT2D eigenvalue weighted by Crippen LogP contribution is -2.67. The van der Waals surface area contributed by atoms with Crippen molar-refractivity contribution in [2.24, 2.45) is 0 Å². The van der Waals surface area contributed by atoms with Gasteiger partial charge in [0, 0.05) is 0 Å². The topological polar surface area (TPSA) is 365 Å². The largest absolute Gasteiger partial charge is 0.479 e. The number of carboxylic acid groups (broad SMARTS) is 1. The van der Waals surface area contributed by atoms with E-state index in [-0.39, 0.29) is 0 Å². The first-order chi connectivity index (χ1) is 21.7. The Morgan fingerprint density at radius 2 is 0.804 bits per heavy atom. The fourth-order valence-electron chi connectivity index (χ4n) is 5.53. The Balaban J connectivity index is 1.44. The Morgan fingerprint density at radius 3 is 1.20 bits per heavy atom. The third kappa shape index (κ3) is 7.31. The van der Waals surface area contributed by atoms with Crippen LogP contribution in [0, 0.1) is 0 Å². The molecule has 4 aliphatic heterocycles. The maximum atomic E-state index is 11.4. The molecule has 0 aliphatic carbocycles. The average molecular weight is 681 g/mol. The first-order valence-electron chi connectivity index (χ1n) is 14.1. The van der Waals surface area contributed by atoms with Gasteiger partial charge in [0.1, 0.15) is 91.6 Å². The smallest absolute Gasteiger partial charge is 0.335 e. The molecule has 0 spiro atoms. The summed E-state index contributed by atoms with van der Waals surface area (Å²) in [7, 11) is 0. The molecule has 20 atom stereocenters. The molecule has 46 heavy (non-hydrogen) atoms. The molecule has 4 heterocycles. The van der Waals surface area contributed by atoms with Crippen molar-refractivity contribution >= 4 is 5.97 Å². The second-order valence-electron chi connectivity index (χ2n) is 11.2. The summed E-state index contributed by atoms with van der Waals surface area (Å²) >= 11 is 0. The number of carboxylic acids is 1. The predicted molar refractivity (Wildman–Crippen MR) is 134 cm³/mol. The number of aliphatic hydroxyl groups excluding tert-OH is 13. The molecule has 4 rings (SSSR count). The highest BCUT2D eigenvalue weighted by molar-refractivity contribution is 5.73. The van der Waals surface area contributed by atoms with E-state index < -0.39 is 149 Å². The third-order valence-corrected chi connectivity index (χ3v) is 8.17. The average Bonchev–Trinajstić information content (AvgIpc) is 3.03. The summed E-state index contributed by atoms with van der Waals surface area (Å²) in [5, 5.41) is 142. The Hall–Kier alpha value is -1.33. The Kier molecular flexibility index (Phi) is 12.6. The fourth-order valence-corrected chi connectivity index (χ4v) is 5.53. The standard InChI is InChI=1S/C24H40O22/c25-1-4-16(9(30)12(33)21(39)40-4)43-22-14(35)10(31)17(5(2-26)41-22)44-23-15(36)11(32)18(6(3-27)42-23)45-24-13(34)7(28)8(29)19(46-24)20(37)38/h4-19,21-36,39H,1-3H2,(H,37,38)/t4-,5-,6-,7+,8+,9-,10-,11-,12-,13-,14-,15-,16-,17-,18-,19+,21?,22-,23-,24+/m1/s1. The van der Waals surface area contributed by atoms with E-state index in [0.29, 0.717) is 0 Å². The van der Waals surface area contributed by atoms with Gasteiger partial charge in [-0.15, -0.1) is 0 Å². The van der Waals surface area contributed by atoms with Gasteiger partial charge < -0.3 is 105 Å². The van der Waals surface area contributed by atoms with Gasteiger partial charge in [0.2, 0.25) is 0 Å². The maximum Gasteiger partial charge on any atom is 0.335 e.